The van der Waals surface area contributed by atoms with Crippen molar-refractivity contribution in [2.45, 2.75) is 74.1 Å². The Morgan fingerprint density at radius 3 is 1.38 bits per heavy atom. The molecule has 0 bridgehead atoms. The second-order valence-electron chi connectivity index (χ2n) is 27.8. The first kappa shape index (κ1) is 52.9. The number of hydrogen-bond donors (Lipinski definition) is 0. The second kappa shape index (κ2) is 19.9. The van der Waals surface area contributed by atoms with Gasteiger partial charge in [-0.1, -0.05) is 268 Å². The van der Waals surface area contributed by atoms with Crippen molar-refractivity contribution in [1.82, 2.24) is 0 Å². The van der Waals surface area contributed by atoms with Gasteiger partial charge < -0.3 is 9.80 Å². The van der Waals surface area contributed by atoms with Gasteiger partial charge in [0.1, 0.15) is 0 Å². The molecule has 0 aromatic heterocycles. The van der Waals surface area contributed by atoms with Crippen LogP contribution < -0.4 is 26.2 Å². The van der Waals surface area contributed by atoms with Crippen molar-refractivity contribution < 1.29 is 0 Å². The van der Waals surface area contributed by atoms with Gasteiger partial charge in [0.25, 0.3) is 6.71 Å². The number of nitrogens with zero attached hydrogens (tertiary/aromatic N) is 2. The summed E-state index contributed by atoms with van der Waals surface area (Å²) < 4.78 is 0. The molecule has 3 unspecified atom stereocenters. The Hall–Kier alpha value is -8.92. The summed E-state index contributed by atoms with van der Waals surface area (Å²) in [6.07, 6.45) is 16.5. The highest BCUT2D eigenvalue weighted by Crippen LogP contribution is 2.57. The third kappa shape index (κ3) is 9.09. The van der Waals surface area contributed by atoms with E-state index >= 15 is 0 Å². The Balaban J connectivity index is 1.02. The van der Waals surface area contributed by atoms with E-state index in [9.17, 15) is 0 Å². The van der Waals surface area contributed by atoms with E-state index in [2.05, 4.69) is 321 Å². The molecular formula is C82H73BN2. The van der Waals surface area contributed by atoms with Crippen LogP contribution in [-0.2, 0) is 5.41 Å². The minimum Gasteiger partial charge on any atom is -0.311 e. The fraction of sp³-hybridized carbons (Fsp3) is 0.195. The van der Waals surface area contributed by atoms with Gasteiger partial charge in [0.15, 0.2) is 0 Å². The zero-order valence-electron chi connectivity index (χ0n) is 50.6. The van der Waals surface area contributed by atoms with Gasteiger partial charge in [0, 0.05) is 46.0 Å². The zero-order chi connectivity index (χ0) is 58.1. The smallest absolute Gasteiger partial charge is 0.252 e. The molecule has 2 aliphatic heterocycles. The largest absolute Gasteiger partial charge is 0.311 e. The van der Waals surface area contributed by atoms with Crippen LogP contribution in [0, 0.1) is 28.6 Å². The molecule has 9 aromatic rings. The molecule has 0 spiro atoms. The summed E-state index contributed by atoms with van der Waals surface area (Å²) in [6.45, 7) is 21.1. The second-order valence-corrected chi connectivity index (χ2v) is 27.8. The van der Waals surface area contributed by atoms with E-state index in [1.807, 2.05) is 0 Å². The monoisotopic (exact) mass is 1100 g/mol. The van der Waals surface area contributed by atoms with Gasteiger partial charge in [-0.15, -0.1) is 0 Å². The Bertz CT molecular complexity index is 4320. The van der Waals surface area contributed by atoms with E-state index in [0.717, 1.165) is 17.8 Å². The van der Waals surface area contributed by atoms with Crippen LogP contribution in [0.3, 0.4) is 0 Å². The standard InChI is InChI=1S/C82H73BN2/c1-80(2,3)64-35-27-57(28-36-64)62-49-75-79-76(50-62)85(68-39-31-56(32-40-68)53-21-15-11-16-22-53)74-42-34-59(69-46-63-45-65(81(4,5)6)43-60-25-26-61-44-66(82(7,8)9)51-70(69)78(61)77(60)63)48-72(74)83(79)71-47-58(54-23-17-12-18-24-54)33-41-73(71)84(75)67-37-29-55(30-38-67)52-19-13-10-14-20-52/h10-42,44-51,60,77-78H,43H2,1-9H3. The third-order valence-corrected chi connectivity index (χ3v) is 19.3. The Morgan fingerprint density at radius 1 is 0.388 bits per heavy atom. The normalized spacial score (nSPS) is 18.4. The predicted molar refractivity (Wildman–Crippen MR) is 363 cm³/mol. The van der Waals surface area contributed by atoms with E-state index in [1.54, 1.807) is 5.57 Å². The maximum absolute atomic E-state index is 2.62. The topological polar surface area (TPSA) is 6.48 Å². The van der Waals surface area contributed by atoms with Crippen LogP contribution >= 0.6 is 0 Å². The van der Waals surface area contributed by atoms with Gasteiger partial charge >= 0.3 is 0 Å². The summed E-state index contributed by atoms with van der Waals surface area (Å²) in [5, 5.41) is 0. The van der Waals surface area contributed by atoms with Crippen LogP contribution in [0.5, 0.6) is 0 Å². The maximum atomic E-state index is 2.62. The summed E-state index contributed by atoms with van der Waals surface area (Å²) in [5.74, 6) is 1.16. The Kier molecular flexibility index (Phi) is 12.3. The first-order valence-electron chi connectivity index (χ1n) is 30.8. The van der Waals surface area contributed by atoms with E-state index < -0.39 is 0 Å². The molecule has 0 radical (unpaired) electrons. The lowest BCUT2D eigenvalue weighted by Gasteiger charge is -2.48. The van der Waals surface area contributed by atoms with Crippen LogP contribution in [0.4, 0.5) is 34.1 Å². The average Bonchev–Trinajstić information content (AvgIpc) is 0.862. The molecule has 15 rings (SSSR count). The van der Waals surface area contributed by atoms with Crippen molar-refractivity contribution in [3.8, 4) is 44.5 Å². The van der Waals surface area contributed by atoms with Gasteiger partial charge in [0.05, 0.1) is 0 Å². The molecule has 2 heterocycles. The number of allylic oxidation sites excluding steroid dienone is 12. The summed E-state index contributed by atoms with van der Waals surface area (Å²) >= 11 is 0. The van der Waals surface area contributed by atoms with E-state index in [1.165, 1.54) is 123 Å². The highest BCUT2D eigenvalue weighted by Gasteiger charge is 2.47. The molecule has 0 N–H and O–H groups in total. The zero-order valence-corrected chi connectivity index (χ0v) is 50.6. The summed E-state index contributed by atoms with van der Waals surface area (Å²) in [6, 6.07) is 80.4. The quantitative estimate of drug-likeness (QED) is 0.147. The summed E-state index contributed by atoms with van der Waals surface area (Å²) in [5.41, 5.74) is 31.9. The third-order valence-electron chi connectivity index (χ3n) is 19.3. The average molecular weight is 1100 g/mol. The summed E-state index contributed by atoms with van der Waals surface area (Å²) in [7, 11) is 0. The number of rotatable bonds is 7. The Morgan fingerprint density at radius 2 is 0.859 bits per heavy atom. The first-order valence-corrected chi connectivity index (χ1v) is 30.8. The van der Waals surface area contributed by atoms with Crippen LogP contribution in [0.15, 0.2) is 277 Å². The minimum atomic E-state index is -0.114. The molecule has 4 aliphatic carbocycles. The molecule has 6 aliphatic rings. The molecule has 85 heavy (non-hydrogen) atoms. The van der Waals surface area contributed by atoms with Gasteiger partial charge in [-0.25, -0.2) is 0 Å². The lowest BCUT2D eigenvalue weighted by atomic mass is 9.33. The Labute approximate surface area is 504 Å². The number of fused-ring (bicyclic) bond motifs is 4. The van der Waals surface area contributed by atoms with Crippen molar-refractivity contribution in [3.63, 3.8) is 0 Å². The minimum absolute atomic E-state index is 0.0212. The highest BCUT2D eigenvalue weighted by molar-refractivity contribution is 7.00. The molecule has 0 saturated heterocycles. The number of benzene rings is 9. The molecule has 0 fully saturated rings. The van der Waals surface area contributed by atoms with Crippen LogP contribution in [0.25, 0.3) is 50.1 Å². The van der Waals surface area contributed by atoms with Gasteiger partial charge in [-0.05, 0) is 177 Å². The van der Waals surface area contributed by atoms with Gasteiger partial charge in [0.2, 0.25) is 0 Å². The lowest BCUT2D eigenvalue weighted by Crippen LogP contribution is -2.61. The number of anilines is 6. The van der Waals surface area contributed by atoms with Gasteiger partial charge in [-0.2, -0.15) is 0 Å². The highest BCUT2D eigenvalue weighted by atomic mass is 15.2. The molecule has 3 atom stereocenters. The molecule has 2 nitrogen and oxygen atoms in total. The SMILES string of the molecule is CC(C)(C)C1=CC2=C(c3ccc4c(c3)B3c5cc(-c6ccccc6)ccc5N(c5ccc(-c6ccccc6)cc5)c5cc(-c6ccc(C(C)(C)C)cc6)cc(c53)N4c3ccc(-c4ccccc4)cc3)C=C3C=C(C(C)(C)C)CC4C=CC(=C1)C2C34. The van der Waals surface area contributed by atoms with Crippen molar-refractivity contribution >= 4 is 62.8 Å². The van der Waals surface area contributed by atoms with Crippen molar-refractivity contribution in [3.05, 3.63) is 288 Å². The molecule has 9 aromatic carbocycles. The summed E-state index contributed by atoms with van der Waals surface area (Å²) in [4.78, 5) is 5.17. The molecular weight excluding hydrogens is 1020 g/mol. The fourth-order valence-electron chi connectivity index (χ4n) is 14.7. The van der Waals surface area contributed by atoms with Crippen LogP contribution in [0.1, 0.15) is 79.9 Å². The van der Waals surface area contributed by atoms with E-state index in [4.69, 9.17) is 0 Å². The fourth-order valence-corrected chi connectivity index (χ4v) is 14.7. The molecule has 0 amide bonds. The molecule has 3 heteroatoms. The van der Waals surface area contributed by atoms with Gasteiger partial charge in [-0.3, -0.25) is 0 Å². The van der Waals surface area contributed by atoms with Crippen LogP contribution in [-0.4, -0.2) is 6.71 Å². The maximum Gasteiger partial charge on any atom is 0.252 e. The van der Waals surface area contributed by atoms with Crippen molar-refractivity contribution in [1.29, 1.82) is 0 Å². The van der Waals surface area contributed by atoms with E-state index in [0.29, 0.717) is 17.8 Å². The molecule has 0 saturated carbocycles. The van der Waals surface area contributed by atoms with Crippen molar-refractivity contribution in [2.75, 3.05) is 9.80 Å². The van der Waals surface area contributed by atoms with Crippen molar-refractivity contribution in [2.24, 2.45) is 28.6 Å². The number of hydrogen-bond acceptors (Lipinski definition) is 2. The molecule has 414 valence electrons. The van der Waals surface area contributed by atoms with Crippen LogP contribution in [0.2, 0.25) is 0 Å². The predicted octanol–water partition coefficient (Wildman–Crippen LogP) is 20.1. The first-order chi connectivity index (χ1) is 41.0. The van der Waals surface area contributed by atoms with E-state index in [-0.39, 0.29) is 23.0 Å². The lowest BCUT2D eigenvalue weighted by molar-refractivity contribution is 0.328.